The van der Waals surface area contributed by atoms with E-state index in [4.69, 9.17) is 28.1 Å². The number of aliphatic imine (C=N–C) groups is 1. The smallest absolute Gasteiger partial charge is 0.136 e. The Hall–Kier alpha value is -1.93. The van der Waals surface area contributed by atoms with Gasteiger partial charge in [-0.15, -0.1) is 0 Å². The maximum Gasteiger partial charge on any atom is 0.136 e. The highest BCUT2D eigenvalue weighted by Gasteiger charge is 2.37. The molecule has 1 unspecified atom stereocenters. The molecule has 2 saturated heterocycles. The topological polar surface area (TPSA) is 82.9 Å². The van der Waals surface area contributed by atoms with Crippen molar-refractivity contribution in [1.29, 1.82) is 0 Å². The molecule has 2 aliphatic heterocycles. The molecule has 1 atom stereocenters. The molecular weight excluding hydrogens is 584 g/mol. The molecule has 0 spiro atoms. The van der Waals surface area contributed by atoms with Crippen LogP contribution in [0, 0.1) is 23.7 Å². The molecule has 1 aromatic rings. The lowest BCUT2D eigenvalue weighted by Crippen LogP contribution is -2.52. The predicted octanol–water partition coefficient (Wildman–Crippen LogP) is 8.22. The van der Waals surface area contributed by atoms with Gasteiger partial charge in [0.25, 0.3) is 0 Å². The van der Waals surface area contributed by atoms with Crippen molar-refractivity contribution in [3.63, 3.8) is 0 Å². The predicted molar refractivity (Wildman–Crippen MR) is 190 cm³/mol. The van der Waals surface area contributed by atoms with Crippen LogP contribution in [-0.2, 0) is 0 Å². The number of nitrogens with two attached hydrogens (primary N) is 2. The van der Waals surface area contributed by atoms with E-state index in [1.165, 1.54) is 50.8 Å². The summed E-state index contributed by atoms with van der Waals surface area (Å²) < 4.78 is 0. The Morgan fingerprint density at radius 3 is 2.50 bits per heavy atom. The largest absolute Gasteiger partial charge is 0.383 e. The first-order valence-corrected chi connectivity index (χ1v) is 18.2. The van der Waals surface area contributed by atoms with Crippen molar-refractivity contribution in [2.24, 2.45) is 40.1 Å². The number of nitrogens with one attached hydrogen (secondary N) is 1. The van der Waals surface area contributed by atoms with Gasteiger partial charge in [0.2, 0.25) is 0 Å². The van der Waals surface area contributed by atoms with Crippen LogP contribution in [0.3, 0.4) is 0 Å². The first-order valence-electron chi connectivity index (χ1n) is 17.0. The number of hydrogen-bond donors (Lipinski definition) is 3. The molecule has 242 valence electrons. The number of nitrogens with zero attached hydrogens (tertiary/aromatic N) is 3. The first kappa shape index (κ1) is 33.4. The SMILES string of the molecule is C=C/C(=N\C(N)=C(\Sc1cccc(NC(=C2CCC2)C2CN(CC3CC(CC)C3)C2)c1Cl)C(C)CC)N1CCC(C)(N)CC1. The quantitative estimate of drug-likeness (QED) is 0.122. The van der Waals surface area contributed by atoms with E-state index in [1.54, 1.807) is 17.3 Å². The summed E-state index contributed by atoms with van der Waals surface area (Å²) in [5.41, 5.74) is 17.0. The number of allylic oxidation sites excluding steroid dienone is 2. The molecule has 4 aliphatic rings. The number of anilines is 1. The number of halogens is 1. The van der Waals surface area contributed by atoms with Gasteiger partial charge in [-0.05, 0) is 94.3 Å². The van der Waals surface area contributed by atoms with Crippen LogP contribution in [0.25, 0.3) is 0 Å². The second-order valence-corrected chi connectivity index (χ2v) is 15.6. The summed E-state index contributed by atoms with van der Waals surface area (Å²) in [6.45, 7) is 18.2. The van der Waals surface area contributed by atoms with Crippen molar-refractivity contribution in [3.8, 4) is 0 Å². The summed E-state index contributed by atoms with van der Waals surface area (Å²) in [7, 11) is 0. The number of piperidine rings is 1. The summed E-state index contributed by atoms with van der Waals surface area (Å²) in [5.74, 6) is 4.05. The fraction of sp³-hybridized carbons (Fsp3) is 0.639. The van der Waals surface area contributed by atoms with Gasteiger partial charge in [-0.3, -0.25) is 0 Å². The van der Waals surface area contributed by atoms with Gasteiger partial charge in [-0.2, -0.15) is 0 Å². The van der Waals surface area contributed by atoms with Crippen LogP contribution in [0.15, 0.2) is 62.7 Å². The molecule has 2 aliphatic carbocycles. The van der Waals surface area contributed by atoms with Crippen LogP contribution < -0.4 is 16.8 Å². The lowest BCUT2D eigenvalue weighted by Gasteiger charge is -2.46. The summed E-state index contributed by atoms with van der Waals surface area (Å²) in [6, 6.07) is 6.32. The lowest BCUT2D eigenvalue weighted by molar-refractivity contribution is 0.0571. The highest BCUT2D eigenvalue weighted by molar-refractivity contribution is 8.03. The van der Waals surface area contributed by atoms with E-state index in [0.29, 0.717) is 11.7 Å². The van der Waals surface area contributed by atoms with E-state index < -0.39 is 0 Å². The van der Waals surface area contributed by atoms with Gasteiger partial charge in [-0.25, -0.2) is 4.99 Å². The van der Waals surface area contributed by atoms with Gasteiger partial charge < -0.3 is 26.6 Å². The summed E-state index contributed by atoms with van der Waals surface area (Å²) in [6.07, 6.45) is 12.5. The molecule has 0 radical (unpaired) electrons. The van der Waals surface area contributed by atoms with Gasteiger partial charge in [0.15, 0.2) is 0 Å². The van der Waals surface area contributed by atoms with Crippen molar-refractivity contribution in [1.82, 2.24) is 9.80 Å². The van der Waals surface area contributed by atoms with Crippen LogP contribution in [-0.4, -0.2) is 53.9 Å². The van der Waals surface area contributed by atoms with Gasteiger partial charge in [0, 0.05) is 59.7 Å². The second kappa shape index (κ2) is 14.7. The summed E-state index contributed by atoms with van der Waals surface area (Å²) in [4.78, 5) is 11.9. The number of amidine groups is 1. The molecule has 0 amide bonds. The zero-order valence-corrected chi connectivity index (χ0v) is 29.1. The lowest BCUT2D eigenvalue weighted by atomic mass is 9.72. The minimum atomic E-state index is -0.126. The van der Waals surface area contributed by atoms with Crippen LogP contribution in [0.5, 0.6) is 0 Å². The Morgan fingerprint density at radius 1 is 1.20 bits per heavy atom. The fourth-order valence-corrected chi connectivity index (χ4v) is 8.33. The molecule has 4 fully saturated rings. The maximum atomic E-state index is 7.16. The van der Waals surface area contributed by atoms with Crippen LogP contribution >= 0.6 is 23.4 Å². The second-order valence-electron chi connectivity index (χ2n) is 14.1. The Morgan fingerprint density at radius 2 is 1.91 bits per heavy atom. The average Bonchev–Trinajstić information content (AvgIpc) is 2.93. The minimum absolute atomic E-state index is 0.126. The zero-order chi connectivity index (χ0) is 31.4. The van der Waals surface area contributed by atoms with E-state index in [-0.39, 0.29) is 11.5 Å². The van der Waals surface area contributed by atoms with E-state index in [9.17, 15) is 0 Å². The fourth-order valence-electron chi connectivity index (χ4n) is 6.94. The number of rotatable bonds is 12. The van der Waals surface area contributed by atoms with Crippen molar-refractivity contribution in [3.05, 3.63) is 57.9 Å². The number of benzene rings is 1. The number of thioether (sulfide) groups is 1. The summed E-state index contributed by atoms with van der Waals surface area (Å²) >= 11 is 8.81. The third-order valence-electron chi connectivity index (χ3n) is 10.5. The molecule has 0 bridgehead atoms. The van der Waals surface area contributed by atoms with Gasteiger partial charge in [0.1, 0.15) is 11.7 Å². The van der Waals surface area contributed by atoms with Crippen molar-refractivity contribution >= 4 is 34.9 Å². The zero-order valence-electron chi connectivity index (χ0n) is 27.5. The summed E-state index contributed by atoms with van der Waals surface area (Å²) in [5, 5.41) is 4.60. The first-order chi connectivity index (χ1) is 21.1. The molecule has 44 heavy (non-hydrogen) atoms. The molecule has 6 nitrogen and oxygen atoms in total. The Kier molecular flexibility index (Phi) is 11.1. The molecular formula is C36H55ClN6S. The standard InChI is InChI=1S/C36H55ClN6S/c1-6-24(4)34(35(38)41-31(8-3)43-17-15-36(5,39)16-18-43)44-30-14-10-13-29(32(30)37)40-33(27-11-9-12-27)28-22-42(23-28)21-26-19-25(7-2)20-26/h8,10,13-14,24-26,28,40H,3,6-7,9,11-12,15-23,38-39H2,1-2,4-5H3/b35-34+,41-31+. The Bertz CT molecular complexity index is 1260. The molecule has 5 N–H and O–H groups in total. The third kappa shape index (κ3) is 7.89. The van der Waals surface area contributed by atoms with Crippen LogP contribution in [0.4, 0.5) is 5.69 Å². The van der Waals surface area contributed by atoms with Gasteiger partial charge in [-0.1, -0.05) is 68.8 Å². The number of hydrogen-bond acceptors (Lipinski definition) is 6. The molecule has 5 rings (SSSR count). The molecule has 8 heteroatoms. The van der Waals surface area contributed by atoms with E-state index >= 15 is 0 Å². The third-order valence-corrected chi connectivity index (χ3v) is 12.5. The molecule has 2 heterocycles. The average molecular weight is 639 g/mol. The minimum Gasteiger partial charge on any atom is -0.383 e. The highest BCUT2D eigenvalue weighted by Crippen LogP contribution is 2.44. The van der Waals surface area contributed by atoms with Crippen molar-refractivity contribution in [2.45, 2.75) is 95.9 Å². The molecule has 0 aromatic heterocycles. The van der Waals surface area contributed by atoms with Crippen LogP contribution in [0.1, 0.15) is 85.5 Å². The monoisotopic (exact) mass is 638 g/mol. The van der Waals surface area contributed by atoms with Gasteiger partial charge >= 0.3 is 0 Å². The van der Waals surface area contributed by atoms with E-state index in [1.807, 2.05) is 6.08 Å². The van der Waals surface area contributed by atoms with E-state index in [0.717, 1.165) is 83.6 Å². The molecule has 1 aromatic carbocycles. The van der Waals surface area contributed by atoms with Crippen molar-refractivity contribution in [2.75, 3.05) is 38.0 Å². The number of likely N-dealkylation sites (tertiary alicyclic amines) is 2. The highest BCUT2D eigenvalue weighted by atomic mass is 35.5. The Balaban J connectivity index is 1.30. The van der Waals surface area contributed by atoms with Crippen LogP contribution in [0.2, 0.25) is 5.02 Å². The van der Waals surface area contributed by atoms with Crippen molar-refractivity contribution < 1.29 is 0 Å². The maximum absolute atomic E-state index is 7.16. The van der Waals surface area contributed by atoms with E-state index in [2.05, 4.69) is 67.6 Å². The molecule has 2 saturated carbocycles. The van der Waals surface area contributed by atoms with Gasteiger partial charge in [0.05, 0.1) is 10.7 Å². The Labute approximate surface area is 275 Å². The normalized spacial score (nSPS) is 25.4.